The molecule has 0 spiro atoms. The molecular formula is C14H16Cl2N2. The van der Waals surface area contributed by atoms with Gasteiger partial charge in [0.05, 0.1) is 10.0 Å². The van der Waals surface area contributed by atoms with Crippen LogP contribution >= 0.6 is 23.2 Å². The molecule has 1 aromatic heterocycles. The smallest absolute Gasteiger partial charge is 0.0595 e. The Morgan fingerprint density at radius 2 is 2.00 bits per heavy atom. The Labute approximate surface area is 118 Å². The van der Waals surface area contributed by atoms with Crippen LogP contribution in [0.15, 0.2) is 36.7 Å². The lowest BCUT2D eigenvalue weighted by atomic mass is 10.2. The van der Waals surface area contributed by atoms with Gasteiger partial charge in [-0.25, -0.2) is 0 Å². The molecule has 0 bridgehead atoms. The van der Waals surface area contributed by atoms with E-state index in [2.05, 4.69) is 35.3 Å². The predicted octanol–water partition coefficient (Wildman–Crippen LogP) is 4.12. The van der Waals surface area contributed by atoms with Gasteiger partial charge in [-0.3, -0.25) is 0 Å². The Morgan fingerprint density at radius 1 is 1.22 bits per heavy atom. The van der Waals surface area contributed by atoms with Gasteiger partial charge in [-0.05, 0) is 43.3 Å². The minimum atomic E-state index is 0.361. The number of aromatic nitrogens is 1. The molecule has 0 saturated carbocycles. The van der Waals surface area contributed by atoms with Gasteiger partial charge in [0.25, 0.3) is 0 Å². The summed E-state index contributed by atoms with van der Waals surface area (Å²) in [6.45, 7) is 2.94. The lowest BCUT2D eigenvalue weighted by molar-refractivity contribution is 0.649. The molecule has 1 atom stereocenters. The summed E-state index contributed by atoms with van der Waals surface area (Å²) < 4.78 is 2.14. The van der Waals surface area contributed by atoms with Crippen molar-refractivity contribution in [3.63, 3.8) is 0 Å². The monoisotopic (exact) mass is 282 g/mol. The van der Waals surface area contributed by atoms with Gasteiger partial charge in [-0.1, -0.05) is 29.3 Å². The number of nitrogens with one attached hydrogen (secondary N) is 1. The third kappa shape index (κ3) is 3.08. The predicted molar refractivity (Wildman–Crippen MR) is 77.5 cm³/mol. The third-order valence-electron chi connectivity index (χ3n) is 3.06. The normalized spacial score (nSPS) is 12.7. The van der Waals surface area contributed by atoms with E-state index in [0.29, 0.717) is 16.1 Å². The van der Waals surface area contributed by atoms with Crippen LogP contribution in [-0.2, 0) is 6.54 Å². The Morgan fingerprint density at radius 3 is 2.67 bits per heavy atom. The molecule has 1 aromatic carbocycles. The van der Waals surface area contributed by atoms with Crippen LogP contribution in [0.25, 0.3) is 0 Å². The lowest BCUT2D eigenvalue weighted by Crippen LogP contribution is -2.11. The topological polar surface area (TPSA) is 17.0 Å². The van der Waals surface area contributed by atoms with E-state index in [9.17, 15) is 0 Å². The summed E-state index contributed by atoms with van der Waals surface area (Å²) in [5.41, 5.74) is 2.42. The number of benzene rings is 1. The van der Waals surface area contributed by atoms with Crippen LogP contribution in [0, 0.1) is 0 Å². The zero-order valence-corrected chi connectivity index (χ0v) is 12.0. The molecule has 18 heavy (non-hydrogen) atoms. The molecular weight excluding hydrogens is 267 g/mol. The maximum Gasteiger partial charge on any atom is 0.0595 e. The van der Waals surface area contributed by atoms with E-state index in [4.69, 9.17) is 23.2 Å². The molecule has 0 aliphatic heterocycles. The Hall–Kier alpha value is -0.960. The van der Waals surface area contributed by atoms with Crippen LogP contribution in [0.3, 0.4) is 0 Å². The highest BCUT2D eigenvalue weighted by Gasteiger charge is 2.05. The van der Waals surface area contributed by atoms with Crippen molar-refractivity contribution in [3.8, 4) is 0 Å². The summed E-state index contributed by atoms with van der Waals surface area (Å²) >= 11 is 11.9. The average molecular weight is 283 g/mol. The maximum atomic E-state index is 6.01. The summed E-state index contributed by atoms with van der Waals surface area (Å²) in [6, 6.07) is 8.22. The van der Waals surface area contributed by atoms with E-state index in [1.165, 1.54) is 5.56 Å². The first-order valence-electron chi connectivity index (χ1n) is 5.87. The number of nitrogens with zero attached hydrogens (tertiary/aromatic N) is 1. The van der Waals surface area contributed by atoms with Gasteiger partial charge >= 0.3 is 0 Å². The second kappa shape index (κ2) is 5.79. The minimum absolute atomic E-state index is 0.361. The standard InChI is InChI=1S/C14H16Cl2N2/c1-10(17-2)12-5-6-18(9-12)8-11-3-4-13(15)14(16)7-11/h3-7,9-10,17H,8H2,1-2H3. The lowest BCUT2D eigenvalue weighted by Gasteiger charge is -2.08. The molecule has 0 aliphatic carbocycles. The van der Waals surface area contributed by atoms with Crippen LogP contribution in [0.2, 0.25) is 10.0 Å². The van der Waals surface area contributed by atoms with Gasteiger partial charge in [0.15, 0.2) is 0 Å². The van der Waals surface area contributed by atoms with Crippen molar-refractivity contribution in [2.24, 2.45) is 0 Å². The molecule has 0 saturated heterocycles. The molecule has 1 unspecified atom stereocenters. The highest BCUT2D eigenvalue weighted by Crippen LogP contribution is 2.23. The van der Waals surface area contributed by atoms with Crippen molar-refractivity contribution in [3.05, 3.63) is 57.8 Å². The van der Waals surface area contributed by atoms with E-state index in [1.807, 2.05) is 25.2 Å². The average Bonchev–Trinajstić information content (AvgIpc) is 2.81. The largest absolute Gasteiger partial charge is 0.350 e. The minimum Gasteiger partial charge on any atom is -0.350 e. The van der Waals surface area contributed by atoms with Gasteiger partial charge in [0, 0.05) is 25.0 Å². The molecule has 0 radical (unpaired) electrons. The number of hydrogen-bond donors (Lipinski definition) is 1. The first kappa shape index (κ1) is 13.5. The van der Waals surface area contributed by atoms with Crippen molar-refractivity contribution < 1.29 is 0 Å². The first-order valence-corrected chi connectivity index (χ1v) is 6.62. The van der Waals surface area contributed by atoms with Gasteiger partial charge < -0.3 is 9.88 Å². The molecule has 2 rings (SSSR count). The Kier molecular flexibility index (Phi) is 4.33. The van der Waals surface area contributed by atoms with Crippen LogP contribution in [0.1, 0.15) is 24.1 Å². The summed E-state index contributed by atoms with van der Waals surface area (Å²) in [5.74, 6) is 0. The van der Waals surface area contributed by atoms with Crippen molar-refractivity contribution in [2.45, 2.75) is 19.5 Å². The van der Waals surface area contributed by atoms with Crippen molar-refractivity contribution in [1.82, 2.24) is 9.88 Å². The van der Waals surface area contributed by atoms with Crippen LogP contribution in [0.4, 0.5) is 0 Å². The van der Waals surface area contributed by atoms with E-state index < -0.39 is 0 Å². The summed E-state index contributed by atoms with van der Waals surface area (Å²) in [6.07, 6.45) is 4.22. The molecule has 96 valence electrons. The van der Waals surface area contributed by atoms with Gasteiger partial charge in [0.2, 0.25) is 0 Å². The van der Waals surface area contributed by atoms with E-state index in [0.717, 1.165) is 12.1 Å². The van der Waals surface area contributed by atoms with Crippen LogP contribution < -0.4 is 5.32 Å². The fourth-order valence-corrected chi connectivity index (χ4v) is 2.15. The fraction of sp³-hybridized carbons (Fsp3) is 0.286. The summed E-state index contributed by atoms with van der Waals surface area (Å²) in [7, 11) is 1.96. The SMILES string of the molecule is CNC(C)c1ccn(Cc2ccc(Cl)c(Cl)c2)c1. The molecule has 2 aromatic rings. The molecule has 4 heteroatoms. The van der Waals surface area contributed by atoms with Crippen LogP contribution in [0.5, 0.6) is 0 Å². The van der Waals surface area contributed by atoms with E-state index in [-0.39, 0.29) is 0 Å². The Balaban J connectivity index is 2.13. The van der Waals surface area contributed by atoms with Crippen molar-refractivity contribution in [1.29, 1.82) is 0 Å². The number of rotatable bonds is 4. The molecule has 0 fully saturated rings. The number of hydrogen-bond acceptors (Lipinski definition) is 1. The maximum absolute atomic E-state index is 6.01. The van der Waals surface area contributed by atoms with Gasteiger partial charge in [-0.15, -0.1) is 0 Å². The van der Waals surface area contributed by atoms with Gasteiger partial charge in [0.1, 0.15) is 0 Å². The van der Waals surface area contributed by atoms with E-state index in [1.54, 1.807) is 0 Å². The zero-order chi connectivity index (χ0) is 13.1. The van der Waals surface area contributed by atoms with Crippen molar-refractivity contribution in [2.75, 3.05) is 7.05 Å². The highest BCUT2D eigenvalue weighted by molar-refractivity contribution is 6.42. The van der Waals surface area contributed by atoms with Crippen molar-refractivity contribution >= 4 is 23.2 Å². The Bertz CT molecular complexity index is 534. The molecule has 0 aliphatic rings. The molecule has 1 heterocycles. The second-order valence-electron chi connectivity index (χ2n) is 4.38. The highest BCUT2D eigenvalue weighted by atomic mass is 35.5. The first-order chi connectivity index (χ1) is 8.60. The van der Waals surface area contributed by atoms with Crippen LogP contribution in [-0.4, -0.2) is 11.6 Å². The quantitative estimate of drug-likeness (QED) is 0.893. The fourth-order valence-electron chi connectivity index (χ4n) is 1.83. The third-order valence-corrected chi connectivity index (χ3v) is 3.79. The zero-order valence-electron chi connectivity index (χ0n) is 10.5. The summed E-state index contributed by atoms with van der Waals surface area (Å²) in [4.78, 5) is 0. The van der Waals surface area contributed by atoms with E-state index >= 15 is 0 Å². The second-order valence-corrected chi connectivity index (χ2v) is 5.19. The summed E-state index contributed by atoms with van der Waals surface area (Å²) in [5, 5.41) is 4.42. The molecule has 0 amide bonds. The van der Waals surface area contributed by atoms with Gasteiger partial charge in [-0.2, -0.15) is 0 Å². The molecule has 2 nitrogen and oxygen atoms in total. The molecule has 1 N–H and O–H groups in total. The number of halogens is 2.